The van der Waals surface area contributed by atoms with Crippen molar-refractivity contribution in [2.24, 2.45) is 5.92 Å². The first-order valence-corrected chi connectivity index (χ1v) is 8.32. The fourth-order valence-electron chi connectivity index (χ4n) is 2.97. The molecular weight excluding hydrogens is 290 g/mol. The van der Waals surface area contributed by atoms with Crippen LogP contribution in [0.2, 0.25) is 0 Å². The molecular formula is C18H27N3O2. The molecule has 2 atom stereocenters. The molecule has 0 aromatic heterocycles. The largest absolute Gasteiger partial charge is 0.491 e. The number of benzene rings is 1. The molecule has 0 radical (unpaired) electrons. The van der Waals surface area contributed by atoms with Crippen LogP contribution in [0.3, 0.4) is 0 Å². The molecule has 0 amide bonds. The molecule has 0 saturated carbocycles. The molecule has 1 aliphatic rings. The van der Waals surface area contributed by atoms with Crippen LogP contribution in [0.15, 0.2) is 24.3 Å². The highest BCUT2D eigenvalue weighted by molar-refractivity contribution is 5.34. The molecule has 0 bridgehead atoms. The van der Waals surface area contributed by atoms with Gasteiger partial charge in [-0.1, -0.05) is 6.92 Å². The Labute approximate surface area is 139 Å². The molecule has 1 aliphatic heterocycles. The van der Waals surface area contributed by atoms with Crippen molar-refractivity contribution in [3.05, 3.63) is 29.8 Å². The monoisotopic (exact) mass is 317 g/mol. The number of β-amino-alcohol motifs (C(OH)–C–C–N with tert-alkyl or cyclic N) is 1. The van der Waals surface area contributed by atoms with E-state index >= 15 is 0 Å². The summed E-state index contributed by atoms with van der Waals surface area (Å²) in [5, 5.41) is 18.9. The highest BCUT2D eigenvalue weighted by Crippen LogP contribution is 2.18. The predicted octanol–water partition coefficient (Wildman–Crippen LogP) is 1.57. The number of ether oxygens (including phenoxy) is 1. The van der Waals surface area contributed by atoms with Crippen molar-refractivity contribution in [2.45, 2.75) is 19.4 Å². The highest BCUT2D eigenvalue weighted by Gasteiger charge is 2.24. The lowest BCUT2D eigenvalue weighted by Crippen LogP contribution is -2.35. The number of nitriles is 1. The van der Waals surface area contributed by atoms with Gasteiger partial charge in [0, 0.05) is 19.6 Å². The molecule has 0 spiro atoms. The molecule has 1 aromatic rings. The SMILES string of the molecule is CCN(C)CC1CCN(CC(O)COc2ccc(C#N)cc2)C1. The third-order valence-corrected chi connectivity index (χ3v) is 4.37. The van der Waals surface area contributed by atoms with Crippen LogP contribution in [0.1, 0.15) is 18.9 Å². The van der Waals surface area contributed by atoms with E-state index in [1.165, 1.54) is 6.42 Å². The van der Waals surface area contributed by atoms with Crippen molar-refractivity contribution in [3.63, 3.8) is 0 Å². The number of aliphatic hydroxyl groups is 1. The van der Waals surface area contributed by atoms with Crippen LogP contribution in [0.5, 0.6) is 5.75 Å². The third-order valence-electron chi connectivity index (χ3n) is 4.37. The standard InChI is InChI=1S/C18H27N3O2/c1-3-20(2)11-16-8-9-21(12-16)13-17(22)14-23-18-6-4-15(10-19)5-7-18/h4-7,16-17,22H,3,8-9,11-14H2,1-2H3. The maximum absolute atomic E-state index is 10.2. The van der Waals surface area contributed by atoms with E-state index in [9.17, 15) is 5.11 Å². The number of hydrogen-bond acceptors (Lipinski definition) is 5. The van der Waals surface area contributed by atoms with Gasteiger partial charge in [-0.15, -0.1) is 0 Å². The maximum Gasteiger partial charge on any atom is 0.119 e. The van der Waals surface area contributed by atoms with E-state index < -0.39 is 6.10 Å². The van der Waals surface area contributed by atoms with Crippen LogP contribution in [0, 0.1) is 17.2 Å². The van der Waals surface area contributed by atoms with E-state index in [0.717, 1.165) is 26.2 Å². The van der Waals surface area contributed by atoms with Crippen LogP contribution < -0.4 is 4.74 Å². The number of hydrogen-bond donors (Lipinski definition) is 1. The quantitative estimate of drug-likeness (QED) is 0.789. The molecule has 1 heterocycles. The van der Waals surface area contributed by atoms with Crippen molar-refractivity contribution in [3.8, 4) is 11.8 Å². The van der Waals surface area contributed by atoms with Gasteiger partial charge in [0.1, 0.15) is 18.5 Å². The van der Waals surface area contributed by atoms with E-state index in [1.807, 2.05) is 0 Å². The molecule has 2 rings (SSSR count). The van der Waals surface area contributed by atoms with Crippen LogP contribution in [-0.2, 0) is 0 Å². The third kappa shape index (κ3) is 5.83. The fraction of sp³-hybridized carbons (Fsp3) is 0.611. The zero-order chi connectivity index (χ0) is 16.7. The van der Waals surface area contributed by atoms with Gasteiger partial charge in [-0.05, 0) is 56.7 Å². The van der Waals surface area contributed by atoms with Gasteiger partial charge < -0.3 is 19.6 Å². The Hall–Kier alpha value is -1.61. The van der Waals surface area contributed by atoms with E-state index in [4.69, 9.17) is 10.00 Å². The van der Waals surface area contributed by atoms with Gasteiger partial charge in [-0.3, -0.25) is 0 Å². The zero-order valence-electron chi connectivity index (χ0n) is 14.1. The Kier molecular flexibility index (Phi) is 6.85. The number of nitrogens with zero attached hydrogens (tertiary/aromatic N) is 3. The lowest BCUT2D eigenvalue weighted by atomic mass is 10.1. The van der Waals surface area contributed by atoms with E-state index in [2.05, 4.69) is 29.8 Å². The van der Waals surface area contributed by atoms with Gasteiger partial charge in [-0.25, -0.2) is 0 Å². The summed E-state index contributed by atoms with van der Waals surface area (Å²) in [6.45, 7) is 7.43. The summed E-state index contributed by atoms with van der Waals surface area (Å²) in [6, 6.07) is 9.04. The Morgan fingerprint density at radius 1 is 1.43 bits per heavy atom. The summed E-state index contributed by atoms with van der Waals surface area (Å²) in [5.74, 6) is 1.39. The van der Waals surface area contributed by atoms with Gasteiger partial charge >= 0.3 is 0 Å². The molecule has 1 N–H and O–H groups in total. The Morgan fingerprint density at radius 2 is 2.17 bits per heavy atom. The van der Waals surface area contributed by atoms with Gasteiger partial charge in [-0.2, -0.15) is 5.26 Å². The first kappa shape index (κ1) is 17.7. The minimum Gasteiger partial charge on any atom is -0.491 e. The van der Waals surface area contributed by atoms with E-state index in [-0.39, 0.29) is 6.61 Å². The molecule has 5 heteroatoms. The first-order chi connectivity index (χ1) is 11.1. The second-order valence-electron chi connectivity index (χ2n) is 6.37. The van der Waals surface area contributed by atoms with Crippen molar-refractivity contribution in [1.82, 2.24) is 9.80 Å². The summed E-state index contributed by atoms with van der Waals surface area (Å²) in [6.07, 6.45) is 0.710. The van der Waals surface area contributed by atoms with Gasteiger partial charge in [0.15, 0.2) is 0 Å². The first-order valence-electron chi connectivity index (χ1n) is 8.32. The average molecular weight is 317 g/mol. The normalized spacial score (nSPS) is 19.7. The van der Waals surface area contributed by atoms with Crippen LogP contribution in [0.25, 0.3) is 0 Å². The Bertz CT molecular complexity index is 512. The van der Waals surface area contributed by atoms with Gasteiger partial charge in [0.05, 0.1) is 11.6 Å². The summed E-state index contributed by atoms with van der Waals surface area (Å²) in [5.41, 5.74) is 0.609. The second kappa shape index (κ2) is 8.88. The molecule has 1 aromatic carbocycles. The second-order valence-corrected chi connectivity index (χ2v) is 6.37. The average Bonchev–Trinajstić information content (AvgIpc) is 3.00. The van der Waals surface area contributed by atoms with E-state index in [1.54, 1.807) is 24.3 Å². The van der Waals surface area contributed by atoms with Crippen LogP contribution in [0.4, 0.5) is 0 Å². The topological polar surface area (TPSA) is 59.7 Å². The summed E-state index contributed by atoms with van der Waals surface area (Å²) < 4.78 is 5.59. The summed E-state index contributed by atoms with van der Waals surface area (Å²) >= 11 is 0. The minimum absolute atomic E-state index is 0.280. The smallest absolute Gasteiger partial charge is 0.119 e. The zero-order valence-corrected chi connectivity index (χ0v) is 14.1. The Balaban J connectivity index is 1.68. The van der Waals surface area contributed by atoms with Crippen molar-refractivity contribution < 1.29 is 9.84 Å². The summed E-state index contributed by atoms with van der Waals surface area (Å²) in [7, 11) is 2.16. The van der Waals surface area contributed by atoms with E-state index in [0.29, 0.717) is 23.8 Å². The lowest BCUT2D eigenvalue weighted by molar-refractivity contribution is 0.0742. The van der Waals surface area contributed by atoms with Crippen molar-refractivity contribution in [2.75, 3.05) is 46.4 Å². The number of likely N-dealkylation sites (tertiary alicyclic amines) is 1. The molecule has 1 fully saturated rings. The Morgan fingerprint density at radius 3 is 2.83 bits per heavy atom. The number of aliphatic hydroxyl groups excluding tert-OH is 1. The molecule has 2 unspecified atom stereocenters. The molecule has 0 aliphatic carbocycles. The predicted molar refractivity (Wildman–Crippen MR) is 90.4 cm³/mol. The number of rotatable bonds is 8. The van der Waals surface area contributed by atoms with Crippen molar-refractivity contribution >= 4 is 0 Å². The molecule has 126 valence electrons. The minimum atomic E-state index is -0.492. The fourth-order valence-corrected chi connectivity index (χ4v) is 2.97. The maximum atomic E-state index is 10.2. The molecule has 1 saturated heterocycles. The summed E-state index contributed by atoms with van der Waals surface area (Å²) in [4.78, 5) is 4.67. The van der Waals surface area contributed by atoms with Gasteiger partial charge in [0.2, 0.25) is 0 Å². The van der Waals surface area contributed by atoms with Gasteiger partial charge in [0.25, 0.3) is 0 Å². The highest BCUT2D eigenvalue weighted by atomic mass is 16.5. The molecule has 23 heavy (non-hydrogen) atoms. The van der Waals surface area contributed by atoms with Crippen LogP contribution >= 0.6 is 0 Å². The van der Waals surface area contributed by atoms with Crippen LogP contribution in [-0.4, -0.2) is 67.4 Å². The van der Waals surface area contributed by atoms with Crippen molar-refractivity contribution in [1.29, 1.82) is 5.26 Å². The lowest BCUT2D eigenvalue weighted by Gasteiger charge is -2.22. The molecule has 5 nitrogen and oxygen atoms in total.